The van der Waals surface area contributed by atoms with Gasteiger partial charge in [0.25, 0.3) is 0 Å². The highest BCUT2D eigenvalue weighted by molar-refractivity contribution is 7.91. The lowest BCUT2D eigenvalue weighted by atomic mass is 10.1. The van der Waals surface area contributed by atoms with Gasteiger partial charge in [0.05, 0.1) is 16.3 Å². The zero-order valence-corrected chi connectivity index (χ0v) is 9.76. The molecule has 0 aliphatic carbocycles. The van der Waals surface area contributed by atoms with Crippen LogP contribution in [0.25, 0.3) is 0 Å². The van der Waals surface area contributed by atoms with E-state index in [2.05, 4.69) is 5.32 Å². The molecule has 0 aromatic heterocycles. The van der Waals surface area contributed by atoms with E-state index in [1.165, 1.54) is 0 Å². The molecule has 1 aromatic rings. The molecule has 0 spiro atoms. The first-order valence-corrected chi connectivity index (χ1v) is 6.81. The standard InChI is InChI=1S/C11H15NO2S/c1-3-9-5-4-6-10-11(9)12-8(2)7-15(10,13)14/h4-6,8,12H,3,7H2,1-2H3. The number of sulfone groups is 1. The fourth-order valence-electron chi connectivity index (χ4n) is 2.00. The predicted molar refractivity (Wildman–Crippen MR) is 61.0 cm³/mol. The molecule has 0 amide bonds. The first kappa shape index (κ1) is 10.5. The topological polar surface area (TPSA) is 46.2 Å². The molecule has 3 nitrogen and oxygen atoms in total. The maximum absolute atomic E-state index is 11.9. The summed E-state index contributed by atoms with van der Waals surface area (Å²) in [7, 11) is -3.09. The van der Waals surface area contributed by atoms with Gasteiger partial charge in [0.1, 0.15) is 0 Å². The summed E-state index contributed by atoms with van der Waals surface area (Å²) in [6, 6.07) is 5.46. The van der Waals surface area contributed by atoms with E-state index < -0.39 is 9.84 Å². The van der Waals surface area contributed by atoms with Gasteiger partial charge in [0, 0.05) is 6.04 Å². The minimum atomic E-state index is -3.09. The average Bonchev–Trinajstić information content (AvgIpc) is 2.15. The lowest BCUT2D eigenvalue weighted by Crippen LogP contribution is -2.32. The van der Waals surface area contributed by atoms with Crippen molar-refractivity contribution in [1.29, 1.82) is 0 Å². The highest BCUT2D eigenvalue weighted by Crippen LogP contribution is 2.31. The van der Waals surface area contributed by atoms with Crippen molar-refractivity contribution < 1.29 is 8.42 Å². The monoisotopic (exact) mass is 225 g/mol. The van der Waals surface area contributed by atoms with Crippen LogP contribution in [-0.4, -0.2) is 20.2 Å². The van der Waals surface area contributed by atoms with Gasteiger partial charge in [0.15, 0.2) is 9.84 Å². The Morgan fingerprint density at radius 1 is 1.47 bits per heavy atom. The van der Waals surface area contributed by atoms with Crippen LogP contribution >= 0.6 is 0 Å². The summed E-state index contributed by atoms with van der Waals surface area (Å²) in [6.07, 6.45) is 0.846. The van der Waals surface area contributed by atoms with E-state index in [-0.39, 0.29) is 11.8 Å². The number of aryl methyl sites for hydroxylation is 1. The molecule has 1 N–H and O–H groups in total. The van der Waals surface area contributed by atoms with Crippen LogP contribution in [0.4, 0.5) is 5.69 Å². The predicted octanol–water partition coefficient (Wildman–Crippen LogP) is 1.84. The quantitative estimate of drug-likeness (QED) is 0.793. The third kappa shape index (κ3) is 1.74. The lowest BCUT2D eigenvalue weighted by molar-refractivity contribution is 0.588. The third-order valence-electron chi connectivity index (χ3n) is 2.69. The van der Waals surface area contributed by atoms with Crippen LogP contribution in [-0.2, 0) is 16.3 Å². The second-order valence-electron chi connectivity index (χ2n) is 3.97. The summed E-state index contributed by atoms with van der Waals surface area (Å²) in [5, 5.41) is 3.26. The van der Waals surface area contributed by atoms with Gasteiger partial charge in [-0.25, -0.2) is 8.42 Å². The van der Waals surface area contributed by atoms with Gasteiger partial charge in [-0.15, -0.1) is 0 Å². The van der Waals surface area contributed by atoms with E-state index in [1.807, 2.05) is 26.0 Å². The van der Waals surface area contributed by atoms with E-state index in [4.69, 9.17) is 0 Å². The zero-order chi connectivity index (χ0) is 11.1. The Bertz CT molecular complexity index is 479. The molecule has 2 rings (SSSR count). The summed E-state index contributed by atoms with van der Waals surface area (Å²) in [4.78, 5) is 0.458. The summed E-state index contributed by atoms with van der Waals surface area (Å²) in [5.74, 6) is 0.188. The van der Waals surface area contributed by atoms with Gasteiger partial charge in [-0.05, 0) is 25.0 Å². The van der Waals surface area contributed by atoms with Crippen LogP contribution in [0.15, 0.2) is 23.1 Å². The second kappa shape index (κ2) is 3.52. The molecule has 0 fully saturated rings. The minimum absolute atomic E-state index is 0.00444. The Morgan fingerprint density at radius 2 is 2.20 bits per heavy atom. The van der Waals surface area contributed by atoms with Gasteiger partial charge in [-0.2, -0.15) is 0 Å². The molecule has 1 aliphatic heterocycles. The molecule has 15 heavy (non-hydrogen) atoms. The molecule has 1 heterocycles. The van der Waals surface area contributed by atoms with Crippen LogP contribution in [0.1, 0.15) is 19.4 Å². The zero-order valence-electron chi connectivity index (χ0n) is 8.95. The van der Waals surface area contributed by atoms with Gasteiger partial charge < -0.3 is 5.32 Å². The van der Waals surface area contributed by atoms with Crippen LogP contribution in [0.2, 0.25) is 0 Å². The molecule has 0 bridgehead atoms. The number of para-hydroxylation sites is 1. The lowest BCUT2D eigenvalue weighted by Gasteiger charge is -2.26. The number of anilines is 1. The number of fused-ring (bicyclic) bond motifs is 1. The maximum Gasteiger partial charge on any atom is 0.182 e. The Hall–Kier alpha value is -1.03. The van der Waals surface area contributed by atoms with Crippen molar-refractivity contribution >= 4 is 15.5 Å². The summed E-state index contributed by atoms with van der Waals surface area (Å²) >= 11 is 0. The number of rotatable bonds is 1. The van der Waals surface area contributed by atoms with Crippen molar-refractivity contribution in [3.8, 4) is 0 Å². The molecule has 1 aromatic carbocycles. The number of nitrogens with one attached hydrogen (secondary N) is 1. The SMILES string of the molecule is CCc1cccc2c1NC(C)CS2(=O)=O. The van der Waals surface area contributed by atoms with Crippen molar-refractivity contribution in [2.24, 2.45) is 0 Å². The number of hydrogen-bond acceptors (Lipinski definition) is 3. The number of hydrogen-bond donors (Lipinski definition) is 1. The van der Waals surface area contributed by atoms with Crippen molar-refractivity contribution in [3.63, 3.8) is 0 Å². The Labute approximate surface area is 90.4 Å². The fourth-order valence-corrected chi connectivity index (χ4v) is 3.71. The molecule has 0 saturated heterocycles. The second-order valence-corrected chi connectivity index (χ2v) is 5.97. The van der Waals surface area contributed by atoms with Crippen LogP contribution in [0, 0.1) is 0 Å². The molecule has 1 unspecified atom stereocenters. The molecular formula is C11H15NO2S. The Balaban J connectivity index is 2.66. The maximum atomic E-state index is 11.9. The Kier molecular flexibility index (Phi) is 2.46. The molecule has 0 radical (unpaired) electrons. The largest absolute Gasteiger partial charge is 0.380 e. The van der Waals surface area contributed by atoms with Gasteiger partial charge >= 0.3 is 0 Å². The molecule has 82 valence electrons. The first-order valence-electron chi connectivity index (χ1n) is 5.16. The van der Waals surface area contributed by atoms with Gasteiger partial charge in [-0.1, -0.05) is 19.1 Å². The molecule has 0 saturated carbocycles. The van der Waals surface area contributed by atoms with E-state index in [0.29, 0.717) is 4.90 Å². The van der Waals surface area contributed by atoms with Crippen LogP contribution in [0.5, 0.6) is 0 Å². The van der Waals surface area contributed by atoms with Crippen molar-refractivity contribution in [1.82, 2.24) is 0 Å². The van der Waals surface area contributed by atoms with Gasteiger partial charge in [0.2, 0.25) is 0 Å². The molecule has 1 aliphatic rings. The highest BCUT2D eigenvalue weighted by Gasteiger charge is 2.28. The normalized spacial score (nSPS) is 22.9. The van der Waals surface area contributed by atoms with E-state index in [0.717, 1.165) is 17.7 Å². The molecular weight excluding hydrogens is 210 g/mol. The molecule has 1 atom stereocenters. The van der Waals surface area contributed by atoms with Crippen molar-refractivity contribution in [2.45, 2.75) is 31.2 Å². The summed E-state index contributed by atoms with van der Waals surface area (Å²) < 4.78 is 23.8. The van der Waals surface area contributed by atoms with E-state index >= 15 is 0 Å². The van der Waals surface area contributed by atoms with Crippen molar-refractivity contribution in [3.05, 3.63) is 23.8 Å². The highest BCUT2D eigenvalue weighted by atomic mass is 32.2. The first-order chi connectivity index (χ1) is 7.04. The summed E-state index contributed by atoms with van der Waals surface area (Å²) in [6.45, 7) is 3.93. The van der Waals surface area contributed by atoms with E-state index in [9.17, 15) is 8.42 Å². The summed E-state index contributed by atoms with van der Waals surface area (Å²) in [5.41, 5.74) is 1.88. The van der Waals surface area contributed by atoms with Gasteiger partial charge in [-0.3, -0.25) is 0 Å². The minimum Gasteiger partial charge on any atom is -0.380 e. The average molecular weight is 225 g/mol. The van der Waals surface area contributed by atoms with Crippen LogP contribution in [0.3, 0.4) is 0 Å². The Morgan fingerprint density at radius 3 is 2.87 bits per heavy atom. The van der Waals surface area contributed by atoms with Crippen molar-refractivity contribution in [2.75, 3.05) is 11.1 Å². The molecule has 4 heteroatoms. The van der Waals surface area contributed by atoms with Crippen LogP contribution < -0.4 is 5.32 Å². The smallest absolute Gasteiger partial charge is 0.182 e. The number of benzene rings is 1. The third-order valence-corrected chi connectivity index (χ3v) is 4.64. The fraction of sp³-hybridized carbons (Fsp3) is 0.455. The van der Waals surface area contributed by atoms with E-state index in [1.54, 1.807) is 6.07 Å².